The van der Waals surface area contributed by atoms with Gasteiger partial charge in [0.1, 0.15) is 5.75 Å². The second-order valence-electron chi connectivity index (χ2n) is 5.56. The van der Waals surface area contributed by atoms with E-state index in [2.05, 4.69) is 15.5 Å². The molecule has 6 heteroatoms. The summed E-state index contributed by atoms with van der Waals surface area (Å²) in [5, 5.41) is 19.9. The second-order valence-corrected chi connectivity index (χ2v) is 5.56. The maximum Gasteiger partial charge on any atom is 0.262 e. The number of carbonyl (C=O) groups is 1. The van der Waals surface area contributed by atoms with Gasteiger partial charge in [0.2, 0.25) is 0 Å². The third-order valence-electron chi connectivity index (χ3n) is 3.52. The zero-order valence-electron chi connectivity index (χ0n) is 14.4. The summed E-state index contributed by atoms with van der Waals surface area (Å²) >= 11 is 0. The van der Waals surface area contributed by atoms with Crippen LogP contribution < -0.4 is 10.1 Å². The molecule has 3 aromatic carbocycles. The molecule has 132 valence electrons. The summed E-state index contributed by atoms with van der Waals surface area (Å²) in [6, 6.07) is 25.1. The Labute approximate surface area is 156 Å². The van der Waals surface area contributed by atoms with E-state index in [1.54, 1.807) is 48.5 Å². The Morgan fingerprint density at radius 3 is 2.33 bits per heavy atom. The first kappa shape index (κ1) is 17.8. The molecule has 0 spiro atoms. The zero-order valence-corrected chi connectivity index (χ0v) is 14.4. The fourth-order valence-corrected chi connectivity index (χ4v) is 2.22. The van der Waals surface area contributed by atoms with Crippen LogP contribution in [0.1, 0.15) is 5.56 Å². The number of amides is 1. The standard InChI is InChI=1S/C21H16N4O2/c22-14-16-5-4-8-20(13-16)27-15-21(26)23-17-9-11-19(12-10-17)25-24-18-6-2-1-3-7-18/h1-13H,15H2,(H,23,26). The highest BCUT2D eigenvalue weighted by Crippen LogP contribution is 2.20. The summed E-state index contributed by atoms with van der Waals surface area (Å²) in [6.45, 7) is -0.148. The maximum absolute atomic E-state index is 12.0. The Kier molecular flexibility index (Phi) is 5.89. The van der Waals surface area contributed by atoms with Gasteiger partial charge in [-0.2, -0.15) is 15.5 Å². The predicted octanol–water partition coefficient (Wildman–Crippen LogP) is 4.99. The number of rotatable bonds is 6. The molecule has 0 unspecified atom stereocenters. The van der Waals surface area contributed by atoms with Gasteiger partial charge in [0.15, 0.2) is 6.61 Å². The molecule has 0 aliphatic heterocycles. The van der Waals surface area contributed by atoms with Crippen molar-refractivity contribution < 1.29 is 9.53 Å². The minimum Gasteiger partial charge on any atom is -0.484 e. The van der Waals surface area contributed by atoms with E-state index < -0.39 is 0 Å². The van der Waals surface area contributed by atoms with Gasteiger partial charge in [-0.1, -0.05) is 24.3 Å². The lowest BCUT2D eigenvalue weighted by Gasteiger charge is -2.07. The average molecular weight is 356 g/mol. The number of hydrogen-bond acceptors (Lipinski definition) is 5. The van der Waals surface area contributed by atoms with Crippen LogP contribution in [0.5, 0.6) is 5.75 Å². The summed E-state index contributed by atoms with van der Waals surface area (Å²) in [6.07, 6.45) is 0. The average Bonchev–Trinajstić information content (AvgIpc) is 2.73. The highest BCUT2D eigenvalue weighted by molar-refractivity contribution is 5.92. The Bertz CT molecular complexity index is 977. The number of nitriles is 1. The summed E-state index contributed by atoms with van der Waals surface area (Å²) in [4.78, 5) is 12.0. The van der Waals surface area contributed by atoms with Gasteiger partial charge < -0.3 is 10.1 Å². The zero-order chi connectivity index (χ0) is 18.9. The third kappa shape index (κ3) is 5.51. The van der Waals surface area contributed by atoms with E-state index in [1.807, 2.05) is 36.4 Å². The van der Waals surface area contributed by atoms with Gasteiger partial charge in [-0.15, -0.1) is 0 Å². The largest absolute Gasteiger partial charge is 0.484 e. The molecule has 1 amide bonds. The number of azo groups is 1. The summed E-state index contributed by atoms with van der Waals surface area (Å²) in [7, 11) is 0. The fourth-order valence-electron chi connectivity index (χ4n) is 2.22. The topological polar surface area (TPSA) is 86.8 Å². The minimum atomic E-state index is -0.295. The van der Waals surface area contributed by atoms with Gasteiger partial charge in [0, 0.05) is 5.69 Å². The van der Waals surface area contributed by atoms with Crippen molar-refractivity contribution in [2.45, 2.75) is 0 Å². The smallest absolute Gasteiger partial charge is 0.262 e. The molecule has 27 heavy (non-hydrogen) atoms. The monoisotopic (exact) mass is 356 g/mol. The van der Waals surface area contributed by atoms with Crippen molar-refractivity contribution in [1.29, 1.82) is 5.26 Å². The fraction of sp³-hybridized carbons (Fsp3) is 0.0476. The lowest BCUT2D eigenvalue weighted by atomic mass is 10.2. The van der Waals surface area contributed by atoms with E-state index >= 15 is 0 Å². The van der Waals surface area contributed by atoms with Crippen LogP contribution in [-0.2, 0) is 4.79 Å². The van der Waals surface area contributed by atoms with Crippen LogP contribution in [0, 0.1) is 11.3 Å². The Morgan fingerprint density at radius 2 is 1.63 bits per heavy atom. The number of anilines is 1. The van der Waals surface area contributed by atoms with E-state index in [0.717, 1.165) is 5.69 Å². The molecule has 0 bridgehead atoms. The van der Waals surface area contributed by atoms with E-state index in [9.17, 15) is 4.79 Å². The number of nitrogens with one attached hydrogen (secondary N) is 1. The molecular weight excluding hydrogens is 340 g/mol. The van der Waals surface area contributed by atoms with Crippen molar-refractivity contribution in [1.82, 2.24) is 0 Å². The molecule has 0 saturated heterocycles. The first-order valence-electron chi connectivity index (χ1n) is 8.22. The number of ether oxygens (including phenoxy) is 1. The van der Waals surface area contributed by atoms with Crippen LogP contribution >= 0.6 is 0 Å². The first-order chi connectivity index (χ1) is 13.2. The molecule has 3 rings (SSSR count). The Hall–Kier alpha value is -3.98. The Balaban J connectivity index is 1.52. The van der Waals surface area contributed by atoms with Crippen LogP contribution in [0.25, 0.3) is 0 Å². The molecule has 0 radical (unpaired) electrons. The lowest BCUT2D eigenvalue weighted by Crippen LogP contribution is -2.20. The Morgan fingerprint density at radius 1 is 0.926 bits per heavy atom. The number of benzene rings is 3. The number of nitrogens with zero attached hydrogens (tertiary/aromatic N) is 3. The molecule has 0 heterocycles. The van der Waals surface area contributed by atoms with Gasteiger partial charge in [0.05, 0.1) is 23.0 Å². The van der Waals surface area contributed by atoms with Crippen LogP contribution in [0.2, 0.25) is 0 Å². The quantitative estimate of drug-likeness (QED) is 0.631. The summed E-state index contributed by atoms with van der Waals surface area (Å²) in [5.74, 6) is 0.178. The SMILES string of the molecule is N#Cc1cccc(OCC(=O)Nc2ccc(N=Nc3ccccc3)cc2)c1. The van der Waals surface area contributed by atoms with Crippen LogP contribution in [0.15, 0.2) is 89.1 Å². The van der Waals surface area contributed by atoms with E-state index in [4.69, 9.17) is 10.00 Å². The van der Waals surface area contributed by atoms with Crippen molar-refractivity contribution in [3.05, 3.63) is 84.4 Å². The molecule has 0 aromatic heterocycles. The number of hydrogen-bond donors (Lipinski definition) is 1. The number of carbonyl (C=O) groups excluding carboxylic acids is 1. The van der Waals surface area contributed by atoms with E-state index in [-0.39, 0.29) is 12.5 Å². The second kappa shape index (κ2) is 8.92. The van der Waals surface area contributed by atoms with Crippen molar-refractivity contribution in [3.8, 4) is 11.8 Å². The lowest BCUT2D eigenvalue weighted by molar-refractivity contribution is -0.118. The van der Waals surface area contributed by atoms with E-state index in [0.29, 0.717) is 22.7 Å². The van der Waals surface area contributed by atoms with Gasteiger partial charge in [0.25, 0.3) is 5.91 Å². The molecule has 0 fully saturated rings. The van der Waals surface area contributed by atoms with Gasteiger partial charge in [-0.05, 0) is 54.6 Å². The molecule has 6 nitrogen and oxygen atoms in total. The summed E-state index contributed by atoms with van der Waals surface area (Å²) < 4.78 is 5.40. The molecule has 1 N–H and O–H groups in total. The third-order valence-corrected chi connectivity index (χ3v) is 3.52. The maximum atomic E-state index is 12.0. The summed E-state index contributed by atoms with van der Waals surface area (Å²) in [5.41, 5.74) is 2.56. The van der Waals surface area contributed by atoms with E-state index in [1.165, 1.54) is 0 Å². The highest BCUT2D eigenvalue weighted by atomic mass is 16.5. The molecule has 0 atom stereocenters. The van der Waals surface area contributed by atoms with Crippen LogP contribution in [0.4, 0.5) is 17.1 Å². The first-order valence-corrected chi connectivity index (χ1v) is 8.22. The minimum absolute atomic E-state index is 0.148. The molecule has 0 saturated carbocycles. The van der Waals surface area contributed by atoms with Crippen molar-refractivity contribution in [2.24, 2.45) is 10.2 Å². The molecule has 3 aromatic rings. The van der Waals surface area contributed by atoms with Gasteiger partial charge in [-0.3, -0.25) is 4.79 Å². The van der Waals surface area contributed by atoms with Crippen LogP contribution in [-0.4, -0.2) is 12.5 Å². The normalized spacial score (nSPS) is 10.3. The molecular formula is C21H16N4O2. The van der Waals surface area contributed by atoms with Crippen LogP contribution in [0.3, 0.4) is 0 Å². The van der Waals surface area contributed by atoms with Crippen molar-refractivity contribution in [2.75, 3.05) is 11.9 Å². The molecule has 0 aliphatic carbocycles. The predicted molar refractivity (Wildman–Crippen MR) is 102 cm³/mol. The van der Waals surface area contributed by atoms with Crippen molar-refractivity contribution in [3.63, 3.8) is 0 Å². The molecule has 0 aliphatic rings. The van der Waals surface area contributed by atoms with Gasteiger partial charge in [-0.25, -0.2) is 0 Å². The van der Waals surface area contributed by atoms with Gasteiger partial charge >= 0.3 is 0 Å². The van der Waals surface area contributed by atoms with Crippen molar-refractivity contribution >= 4 is 23.0 Å². The highest BCUT2D eigenvalue weighted by Gasteiger charge is 2.04.